The Morgan fingerprint density at radius 3 is 1.78 bits per heavy atom. The molecular weight excluding hydrogens is 500 g/mol. The second-order valence-corrected chi connectivity index (χ2v) is 15.0. The van der Waals surface area contributed by atoms with Gasteiger partial charge in [0.1, 0.15) is 0 Å². The number of ether oxygens (including phenoxy) is 2. The molecule has 5 nitrogen and oxygen atoms in total. The van der Waals surface area contributed by atoms with Crippen LogP contribution in [-0.4, -0.2) is 29.4 Å². The van der Waals surface area contributed by atoms with E-state index in [2.05, 4.69) is 0 Å². The summed E-state index contributed by atoms with van der Waals surface area (Å²) >= 11 is -6.35. The topological polar surface area (TPSA) is 72.8 Å². The molecule has 10 heteroatoms. The molecule has 0 atom stereocenters. The molecule has 0 spiro atoms. The average Bonchev–Trinajstić information content (AvgIpc) is 3.27. The van der Waals surface area contributed by atoms with Gasteiger partial charge in [-0.1, -0.05) is 0 Å². The van der Waals surface area contributed by atoms with Crippen LogP contribution in [0.25, 0.3) is 0 Å². The van der Waals surface area contributed by atoms with Crippen LogP contribution in [0.4, 0.5) is 11.6 Å². The quantitative estimate of drug-likeness (QED) is 0.355. The van der Waals surface area contributed by atoms with Gasteiger partial charge < -0.3 is 0 Å². The van der Waals surface area contributed by atoms with E-state index in [1.165, 1.54) is 12.1 Å². The van der Waals surface area contributed by atoms with Gasteiger partial charge in [0, 0.05) is 0 Å². The molecule has 2 aromatic carbocycles. The fourth-order valence-corrected chi connectivity index (χ4v) is 11.8. The average molecular weight is 515 g/mol. The van der Waals surface area contributed by atoms with Crippen LogP contribution in [0.3, 0.4) is 0 Å². The molecule has 148 valence electrons. The molecule has 0 aliphatic carbocycles. The van der Waals surface area contributed by atoms with Crippen molar-refractivity contribution in [3.63, 3.8) is 0 Å². The first-order chi connectivity index (χ1) is 12.6. The van der Waals surface area contributed by atoms with Crippen LogP contribution in [0, 0.1) is 7.14 Å². The van der Waals surface area contributed by atoms with Gasteiger partial charge in [0.2, 0.25) is 0 Å². The van der Waals surface area contributed by atoms with E-state index >= 15 is 2.86 Å². The van der Waals surface area contributed by atoms with Crippen LogP contribution >= 0.6 is 0 Å². The molecule has 0 unspecified atom stereocenters. The van der Waals surface area contributed by atoms with E-state index in [1.807, 2.05) is 0 Å². The molecule has 27 heavy (non-hydrogen) atoms. The predicted molar refractivity (Wildman–Crippen MR) is 86.3 cm³/mol. The van der Waals surface area contributed by atoms with Crippen molar-refractivity contribution in [3.05, 3.63) is 54.7 Å². The fourth-order valence-electron chi connectivity index (χ4n) is 3.12. The van der Waals surface area contributed by atoms with E-state index in [-0.39, 0.29) is 11.5 Å². The van der Waals surface area contributed by atoms with E-state index in [4.69, 9.17) is 14.0 Å². The van der Waals surface area contributed by atoms with Crippen LogP contribution < -0.4 is 28.5 Å². The molecule has 0 fully saturated rings. The summed E-state index contributed by atoms with van der Waals surface area (Å²) in [6, 6.07) is 7.51. The second kappa shape index (κ2) is 6.24. The van der Waals surface area contributed by atoms with Gasteiger partial charge in [-0.25, -0.2) is 0 Å². The summed E-state index contributed by atoms with van der Waals surface area (Å²) in [6.45, 7) is 0.678. The van der Waals surface area contributed by atoms with Crippen LogP contribution in [0.1, 0.15) is 11.1 Å². The minimum atomic E-state index is -6.35. The Bertz CT molecular complexity index is 968. The second-order valence-electron chi connectivity index (χ2n) is 6.12. The summed E-state index contributed by atoms with van der Waals surface area (Å²) < 4.78 is 82.8. The minimum absolute atomic E-state index is 0.252. The Labute approximate surface area is 158 Å². The fraction of sp³-hybridized carbons (Fsp3) is 0.294. The van der Waals surface area contributed by atoms with Crippen molar-refractivity contribution in [3.8, 4) is 11.5 Å². The van der Waals surface area contributed by atoms with E-state index in [1.54, 1.807) is 0 Å². The Balaban J connectivity index is 1.96. The van der Waals surface area contributed by atoms with Crippen LogP contribution in [0.5, 0.6) is 11.5 Å². The molecule has 1 N–H and O–H groups in total. The first-order valence-corrected chi connectivity index (χ1v) is 13.5. The zero-order valence-corrected chi connectivity index (χ0v) is 16.8. The van der Waals surface area contributed by atoms with E-state index in [9.17, 15) is 17.2 Å². The van der Waals surface area contributed by atoms with Crippen molar-refractivity contribution in [1.82, 2.24) is 0 Å². The molecule has 0 bridgehead atoms. The summed E-state index contributed by atoms with van der Waals surface area (Å²) in [5.74, 6) is 0.503. The van der Waals surface area contributed by atoms with Crippen molar-refractivity contribution >= 4 is 10.1 Å². The third-order valence-electron chi connectivity index (χ3n) is 4.51. The Hall–Kier alpha value is -1.53. The number of hydrogen-bond acceptors (Lipinski definition) is 4. The monoisotopic (exact) mass is 515 g/mol. The van der Waals surface area contributed by atoms with Gasteiger partial charge in [-0.05, 0) is 0 Å². The van der Waals surface area contributed by atoms with Crippen molar-refractivity contribution in [2.45, 2.75) is 16.1 Å². The Morgan fingerprint density at radius 2 is 1.37 bits per heavy atom. The van der Waals surface area contributed by atoms with E-state index in [0.717, 1.165) is 35.4 Å². The SMILES string of the molecule is O=S(=O)(O)C(F)(F)[I-](F)(c1ccc2c(c1)OCC2)c1ccc2c(c1)OCC2. The molecule has 2 aliphatic heterocycles. The zero-order valence-electron chi connectivity index (χ0n) is 13.8. The third kappa shape index (κ3) is 2.80. The first kappa shape index (κ1) is 18.8. The summed E-state index contributed by atoms with van der Waals surface area (Å²) in [5.41, 5.74) is 1.46. The van der Waals surface area contributed by atoms with Crippen molar-refractivity contribution in [1.29, 1.82) is 0 Å². The molecule has 0 radical (unpaired) electrons. The van der Waals surface area contributed by atoms with Gasteiger partial charge in [0.05, 0.1) is 0 Å². The van der Waals surface area contributed by atoms with Gasteiger partial charge in [-0.2, -0.15) is 0 Å². The van der Waals surface area contributed by atoms with E-state index < -0.39 is 39.5 Å². The van der Waals surface area contributed by atoms with E-state index in [0.29, 0.717) is 26.1 Å². The van der Waals surface area contributed by atoms with Gasteiger partial charge in [0.25, 0.3) is 0 Å². The normalized spacial score (nSPS) is 17.0. The number of hydrogen-bond donors (Lipinski definition) is 1. The Morgan fingerprint density at radius 1 is 0.926 bits per heavy atom. The van der Waals surface area contributed by atoms with Crippen LogP contribution in [0.2, 0.25) is 0 Å². The summed E-state index contributed by atoms with van der Waals surface area (Å²) in [4.78, 5) is 0. The first-order valence-electron chi connectivity index (χ1n) is 7.98. The number of fused-ring (bicyclic) bond motifs is 2. The van der Waals surface area contributed by atoms with Gasteiger partial charge in [-0.15, -0.1) is 0 Å². The number of halogens is 4. The maximum absolute atomic E-state index is 16.2. The summed E-state index contributed by atoms with van der Waals surface area (Å²) in [5, 5.41) is 0. The standard InChI is InChI=1S/C17H15F3IO5S/c18-17(19,27(22,23)24)21(20,13-3-1-11-5-7-25-15(11)9-13)14-4-2-12-6-8-26-16(12)10-14/h1-4,9-10H,5-8H2,(H,22,23,24)/q-1. The molecular formula is C17H15F3IO5S-. The zero-order chi connectivity index (χ0) is 19.4. The number of benzene rings is 2. The maximum atomic E-state index is 16.2. The molecule has 2 heterocycles. The van der Waals surface area contributed by atoms with Gasteiger partial charge >= 0.3 is 159 Å². The summed E-state index contributed by atoms with van der Waals surface area (Å²) in [7, 11) is -5.99. The molecule has 0 saturated heterocycles. The molecule has 0 saturated carbocycles. The van der Waals surface area contributed by atoms with Crippen LogP contribution in [0.15, 0.2) is 36.4 Å². The van der Waals surface area contributed by atoms with Crippen molar-refractivity contribution in [2.75, 3.05) is 13.2 Å². The predicted octanol–water partition coefficient (Wildman–Crippen LogP) is 0.0788. The molecule has 0 amide bonds. The van der Waals surface area contributed by atoms with Crippen molar-refractivity contribution < 1.29 is 53.1 Å². The number of alkyl halides is 3. The molecule has 2 aliphatic rings. The molecule has 4 rings (SSSR count). The number of rotatable bonds is 4. The third-order valence-corrected chi connectivity index (χ3v) is 14.7. The molecule has 2 aromatic rings. The molecule has 0 aromatic heterocycles. The summed E-state index contributed by atoms with van der Waals surface area (Å²) in [6.07, 6.45) is 1.12. The van der Waals surface area contributed by atoms with Gasteiger partial charge in [0.15, 0.2) is 0 Å². The Kier molecular flexibility index (Phi) is 4.35. The van der Waals surface area contributed by atoms with Crippen LogP contribution in [-0.2, 0) is 23.0 Å². The van der Waals surface area contributed by atoms with Crippen molar-refractivity contribution in [2.24, 2.45) is 0 Å². The van der Waals surface area contributed by atoms with Gasteiger partial charge in [-0.3, -0.25) is 0 Å².